The Morgan fingerprint density at radius 1 is 1.13 bits per heavy atom. The Labute approximate surface area is 185 Å². The number of pyridine rings is 1. The minimum atomic E-state index is -0.499. The maximum Gasteiger partial charge on any atom is 0.410 e. The predicted molar refractivity (Wildman–Crippen MR) is 125 cm³/mol. The molecule has 1 aromatic heterocycles. The predicted octanol–water partition coefficient (Wildman–Crippen LogP) is 4.01. The summed E-state index contributed by atoms with van der Waals surface area (Å²) in [6.45, 7) is 12.1. The highest BCUT2D eigenvalue weighted by Crippen LogP contribution is 2.12. The topological polar surface area (TPSA) is 78.9 Å². The molecule has 0 atom stereocenters. The van der Waals surface area contributed by atoms with Crippen LogP contribution in [0, 0.1) is 6.92 Å². The summed E-state index contributed by atoms with van der Waals surface area (Å²) in [5.74, 6) is 0.751. The van der Waals surface area contributed by atoms with Gasteiger partial charge in [-0.3, -0.25) is 4.98 Å². The summed E-state index contributed by atoms with van der Waals surface area (Å²) in [5.41, 5.74) is 3.79. The van der Waals surface area contributed by atoms with Gasteiger partial charge >= 0.3 is 6.09 Å². The number of aliphatic imine (C=N–C) groups is 1. The number of nitrogens with zero attached hydrogens (tertiary/aromatic N) is 3. The molecule has 0 aliphatic heterocycles. The number of hydrogen-bond acceptors (Lipinski definition) is 4. The molecule has 0 unspecified atom stereocenters. The molecule has 0 radical (unpaired) electrons. The van der Waals surface area contributed by atoms with E-state index in [1.807, 2.05) is 58.0 Å². The van der Waals surface area contributed by atoms with Crippen LogP contribution >= 0.6 is 0 Å². The Bertz CT molecular complexity index is 872. The summed E-state index contributed by atoms with van der Waals surface area (Å²) < 4.78 is 5.40. The number of benzene rings is 1. The lowest BCUT2D eigenvalue weighted by Gasteiger charge is -2.24. The van der Waals surface area contributed by atoms with Gasteiger partial charge in [0.15, 0.2) is 5.96 Å². The summed E-state index contributed by atoms with van der Waals surface area (Å²) in [6, 6.07) is 12.1. The second kappa shape index (κ2) is 11.3. The van der Waals surface area contributed by atoms with E-state index in [9.17, 15) is 4.79 Å². The van der Waals surface area contributed by atoms with Crippen molar-refractivity contribution in [3.8, 4) is 0 Å². The molecule has 0 bridgehead atoms. The number of nitrogens with one attached hydrogen (secondary N) is 2. The van der Waals surface area contributed by atoms with Crippen molar-refractivity contribution in [2.75, 3.05) is 13.6 Å². The zero-order chi connectivity index (χ0) is 22.9. The summed E-state index contributed by atoms with van der Waals surface area (Å²) in [5, 5.41) is 6.60. The molecular formula is C24H35N5O2. The number of ether oxygens (including phenoxy) is 1. The van der Waals surface area contributed by atoms with E-state index in [0.717, 1.165) is 34.9 Å². The molecule has 7 nitrogen and oxygen atoms in total. The number of amides is 1. The van der Waals surface area contributed by atoms with Crippen molar-refractivity contribution in [3.05, 3.63) is 65.0 Å². The van der Waals surface area contributed by atoms with Gasteiger partial charge in [0.1, 0.15) is 5.60 Å². The number of carbonyl (C=O) groups is 1. The van der Waals surface area contributed by atoms with Gasteiger partial charge in [-0.05, 0) is 57.4 Å². The van der Waals surface area contributed by atoms with Crippen LogP contribution in [-0.2, 0) is 24.4 Å². The van der Waals surface area contributed by atoms with E-state index in [-0.39, 0.29) is 6.09 Å². The lowest BCUT2D eigenvalue weighted by molar-refractivity contribution is 0.0285. The number of rotatable bonds is 7. The second-order valence-electron chi connectivity index (χ2n) is 8.47. The van der Waals surface area contributed by atoms with Crippen molar-refractivity contribution in [1.82, 2.24) is 20.5 Å². The van der Waals surface area contributed by atoms with Crippen molar-refractivity contribution in [1.29, 1.82) is 0 Å². The van der Waals surface area contributed by atoms with Crippen LogP contribution in [0.4, 0.5) is 4.79 Å². The van der Waals surface area contributed by atoms with Gasteiger partial charge in [-0.25, -0.2) is 9.79 Å². The molecule has 2 rings (SSSR count). The van der Waals surface area contributed by atoms with Gasteiger partial charge in [-0.2, -0.15) is 0 Å². The van der Waals surface area contributed by atoms with Crippen LogP contribution in [0.1, 0.15) is 50.1 Å². The van der Waals surface area contributed by atoms with Gasteiger partial charge < -0.3 is 20.3 Å². The molecule has 1 amide bonds. The second-order valence-corrected chi connectivity index (χ2v) is 8.47. The molecule has 0 saturated heterocycles. The van der Waals surface area contributed by atoms with Crippen LogP contribution in [0.15, 0.2) is 47.6 Å². The largest absolute Gasteiger partial charge is 0.444 e. The first-order chi connectivity index (χ1) is 14.7. The maximum atomic E-state index is 12.1. The quantitative estimate of drug-likeness (QED) is 0.518. The minimum absolute atomic E-state index is 0.328. The normalized spacial score (nSPS) is 11.7. The Hall–Kier alpha value is -3.09. The number of aromatic nitrogens is 1. The Balaban J connectivity index is 1.92. The summed E-state index contributed by atoms with van der Waals surface area (Å²) in [7, 11) is 1.74. The van der Waals surface area contributed by atoms with E-state index in [0.29, 0.717) is 19.6 Å². The Kier molecular flexibility index (Phi) is 8.85. The molecule has 1 aromatic carbocycles. The highest BCUT2D eigenvalue weighted by molar-refractivity contribution is 5.79. The van der Waals surface area contributed by atoms with Crippen LogP contribution in [0.2, 0.25) is 0 Å². The summed E-state index contributed by atoms with van der Waals surface area (Å²) in [6.07, 6.45) is 1.47. The lowest BCUT2D eigenvalue weighted by Crippen LogP contribution is -2.37. The fraction of sp³-hybridized carbons (Fsp3) is 0.458. The third-order valence-corrected chi connectivity index (χ3v) is 4.45. The van der Waals surface area contributed by atoms with Gasteiger partial charge in [0, 0.05) is 26.3 Å². The van der Waals surface area contributed by atoms with Crippen LogP contribution in [0.3, 0.4) is 0 Å². The van der Waals surface area contributed by atoms with Crippen LogP contribution in [0.5, 0.6) is 0 Å². The van der Waals surface area contributed by atoms with Crippen LogP contribution in [0.25, 0.3) is 0 Å². The first kappa shape index (κ1) is 24.2. The molecule has 1 heterocycles. The van der Waals surface area contributed by atoms with E-state index in [2.05, 4.69) is 33.6 Å². The molecule has 31 heavy (non-hydrogen) atoms. The van der Waals surface area contributed by atoms with Crippen molar-refractivity contribution in [2.45, 2.75) is 59.9 Å². The van der Waals surface area contributed by atoms with Gasteiger partial charge in [0.05, 0.1) is 18.8 Å². The van der Waals surface area contributed by atoms with Gasteiger partial charge in [0.2, 0.25) is 0 Å². The molecule has 2 N–H and O–H groups in total. The molecule has 2 aromatic rings. The summed E-state index contributed by atoms with van der Waals surface area (Å²) >= 11 is 0. The fourth-order valence-electron chi connectivity index (χ4n) is 2.81. The number of carbonyl (C=O) groups excluding carboxylic acids is 1. The van der Waals surface area contributed by atoms with E-state index >= 15 is 0 Å². The SMILES string of the molecule is CCNC(=NCc1ccc(CN(C)C(=O)OC(C)(C)C)cc1)NCc1ncccc1C. The standard InChI is InChI=1S/C24H35N5O2/c1-7-25-22(28-16-21-18(2)9-8-14-26-21)27-15-19-10-12-20(13-11-19)17-29(6)23(30)31-24(3,4)5/h8-14H,7,15-17H2,1-6H3,(H2,25,27,28). The van der Waals surface area contributed by atoms with Crippen LogP contribution < -0.4 is 10.6 Å². The van der Waals surface area contributed by atoms with Crippen LogP contribution in [-0.4, -0.2) is 41.1 Å². The molecule has 0 fully saturated rings. The first-order valence-corrected chi connectivity index (χ1v) is 10.6. The smallest absolute Gasteiger partial charge is 0.410 e. The monoisotopic (exact) mass is 425 g/mol. The zero-order valence-electron chi connectivity index (χ0n) is 19.5. The number of hydrogen-bond donors (Lipinski definition) is 2. The van der Waals surface area contributed by atoms with Crippen molar-refractivity contribution >= 4 is 12.1 Å². The molecule has 0 spiro atoms. The number of aryl methyl sites for hydroxylation is 1. The minimum Gasteiger partial charge on any atom is -0.444 e. The molecule has 0 saturated carbocycles. The van der Waals surface area contributed by atoms with Crippen molar-refractivity contribution in [3.63, 3.8) is 0 Å². The maximum absolute atomic E-state index is 12.1. The average Bonchev–Trinajstić information content (AvgIpc) is 2.71. The molecular weight excluding hydrogens is 390 g/mol. The highest BCUT2D eigenvalue weighted by atomic mass is 16.6. The van der Waals surface area contributed by atoms with E-state index in [1.165, 1.54) is 0 Å². The Morgan fingerprint density at radius 3 is 2.42 bits per heavy atom. The third kappa shape index (κ3) is 8.66. The molecule has 0 aliphatic rings. The number of guanidine groups is 1. The fourth-order valence-corrected chi connectivity index (χ4v) is 2.81. The molecule has 0 aliphatic carbocycles. The van der Waals surface area contributed by atoms with E-state index in [1.54, 1.807) is 18.1 Å². The first-order valence-electron chi connectivity index (χ1n) is 10.6. The Morgan fingerprint density at radius 2 is 1.81 bits per heavy atom. The zero-order valence-corrected chi connectivity index (χ0v) is 19.5. The van der Waals surface area contributed by atoms with Gasteiger partial charge in [0.25, 0.3) is 0 Å². The van der Waals surface area contributed by atoms with E-state index in [4.69, 9.17) is 4.74 Å². The third-order valence-electron chi connectivity index (χ3n) is 4.45. The highest BCUT2D eigenvalue weighted by Gasteiger charge is 2.19. The summed E-state index contributed by atoms with van der Waals surface area (Å²) in [4.78, 5) is 22.8. The van der Waals surface area contributed by atoms with E-state index < -0.39 is 5.60 Å². The van der Waals surface area contributed by atoms with Crippen molar-refractivity contribution in [2.24, 2.45) is 4.99 Å². The van der Waals surface area contributed by atoms with Crippen molar-refractivity contribution < 1.29 is 9.53 Å². The van der Waals surface area contributed by atoms with Gasteiger partial charge in [-0.1, -0.05) is 30.3 Å². The molecule has 168 valence electrons. The lowest BCUT2D eigenvalue weighted by atomic mass is 10.1. The van der Waals surface area contributed by atoms with Gasteiger partial charge in [-0.15, -0.1) is 0 Å². The molecule has 7 heteroatoms. The average molecular weight is 426 g/mol.